The molecule has 0 amide bonds. The number of hydrogen-bond donors (Lipinski definition) is 4. The number of aromatic nitrogens is 2. The SMILES string of the molecule is O=c1[nH]c(=S)[nH]c(O)c1O. The molecular weight excluding hydrogens is 156 g/mol. The van der Waals surface area contributed by atoms with Crippen LogP contribution in [0.1, 0.15) is 0 Å². The number of aromatic hydroxyl groups is 2. The normalized spacial score (nSPS) is 9.60. The summed E-state index contributed by atoms with van der Waals surface area (Å²) in [6.45, 7) is 0. The zero-order valence-electron chi connectivity index (χ0n) is 4.71. The molecule has 54 valence electrons. The second-order valence-corrected chi connectivity index (χ2v) is 2.01. The third-order valence-corrected chi connectivity index (χ3v) is 1.10. The van der Waals surface area contributed by atoms with Crippen LogP contribution in [-0.2, 0) is 0 Å². The van der Waals surface area contributed by atoms with Gasteiger partial charge in [0.1, 0.15) is 0 Å². The van der Waals surface area contributed by atoms with E-state index in [1.165, 1.54) is 0 Å². The molecule has 0 atom stereocenters. The molecule has 0 radical (unpaired) electrons. The minimum atomic E-state index is -0.804. The highest BCUT2D eigenvalue weighted by Crippen LogP contribution is 2.12. The molecule has 0 aliphatic rings. The third-order valence-electron chi connectivity index (χ3n) is 0.898. The van der Waals surface area contributed by atoms with Gasteiger partial charge in [0, 0.05) is 0 Å². The van der Waals surface area contributed by atoms with Crippen LogP contribution in [0.5, 0.6) is 11.6 Å². The van der Waals surface area contributed by atoms with E-state index in [0.29, 0.717) is 0 Å². The molecule has 0 aliphatic heterocycles. The largest absolute Gasteiger partial charge is 0.499 e. The molecule has 0 unspecified atom stereocenters. The van der Waals surface area contributed by atoms with Crippen LogP contribution >= 0.6 is 12.2 Å². The average molecular weight is 160 g/mol. The van der Waals surface area contributed by atoms with Crippen molar-refractivity contribution in [3.05, 3.63) is 15.1 Å². The first kappa shape index (κ1) is 6.81. The fourth-order valence-corrected chi connectivity index (χ4v) is 0.657. The van der Waals surface area contributed by atoms with Crippen molar-refractivity contribution in [3.8, 4) is 11.6 Å². The molecule has 4 N–H and O–H groups in total. The number of nitrogens with one attached hydrogen (secondary N) is 2. The highest BCUT2D eigenvalue weighted by molar-refractivity contribution is 7.71. The van der Waals surface area contributed by atoms with E-state index in [2.05, 4.69) is 22.2 Å². The fourth-order valence-electron chi connectivity index (χ4n) is 0.468. The molecule has 10 heavy (non-hydrogen) atoms. The first-order valence-corrected chi connectivity index (χ1v) is 2.76. The van der Waals surface area contributed by atoms with Gasteiger partial charge in [-0.15, -0.1) is 0 Å². The van der Waals surface area contributed by atoms with Gasteiger partial charge in [0.25, 0.3) is 5.56 Å². The Bertz CT molecular complexity index is 352. The Balaban J connectivity index is 3.62. The van der Waals surface area contributed by atoms with Crippen molar-refractivity contribution in [1.29, 1.82) is 0 Å². The molecular formula is C4H4N2O3S. The third kappa shape index (κ3) is 1.01. The Morgan fingerprint density at radius 1 is 1.30 bits per heavy atom. The Morgan fingerprint density at radius 3 is 2.40 bits per heavy atom. The van der Waals surface area contributed by atoms with Crippen molar-refractivity contribution in [2.75, 3.05) is 0 Å². The van der Waals surface area contributed by atoms with Gasteiger partial charge in [0.2, 0.25) is 11.6 Å². The van der Waals surface area contributed by atoms with Gasteiger partial charge in [0.15, 0.2) is 4.77 Å². The zero-order chi connectivity index (χ0) is 7.72. The molecule has 0 bridgehead atoms. The van der Waals surface area contributed by atoms with Gasteiger partial charge in [-0.1, -0.05) is 0 Å². The maximum atomic E-state index is 10.5. The second-order valence-electron chi connectivity index (χ2n) is 1.61. The van der Waals surface area contributed by atoms with Crippen molar-refractivity contribution in [1.82, 2.24) is 9.97 Å². The molecule has 0 saturated heterocycles. The monoisotopic (exact) mass is 160 g/mol. The van der Waals surface area contributed by atoms with Crippen molar-refractivity contribution in [2.45, 2.75) is 0 Å². The highest BCUT2D eigenvalue weighted by Gasteiger charge is 2.01. The molecule has 0 fully saturated rings. The number of aromatic amines is 2. The Labute approximate surface area is 60.0 Å². The van der Waals surface area contributed by atoms with Crippen LogP contribution in [0.15, 0.2) is 4.79 Å². The van der Waals surface area contributed by atoms with Crippen LogP contribution in [0, 0.1) is 4.77 Å². The van der Waals surface area contributed by atoms with E-state index >= 15 is 0 Å². The minimum absolute atomic E-state index is 0.0275. The van der Waals surface area contributed by atoms with Crippen molar-refractivity contribution >= 4 is 12.2 Å². The summed E-state index contributed by atoms with van der Waals surface area (Å²) in [6.07, 6.45) is 0. The van der Waals surface area contributed by atoms with Gasteiger partial charge >= 0.3 is 0 Å². The van der Waals surface area contributed by atoms with E-state index in [1.807, 2.05) is 0 Å². The smallest absolute Gasteiger partial charge is 0.297 e. The van der Waals surface area contributed by atoms with E-state index in [4.69, 9.17) is 10.2 Å². The summed E-state index contributed by atoms with van der Waals surface area (Å²) in [5.74, 6) is -1.37. The highest BCUT2D eigenvalue weighted by atomic mass is 32.1. The van der Waals surface area contributed by atoms with Crippen molar-refractivity contribution in [3.63, 3.8) is 0 Å². The number of H-pyrrole nitrogens is 2. The van der Waals surface area contributed by atoms with Gasteiger partial charge in [-0.25, -0.2) is 0 Å². The lowest BCUT2D eigenvalue weighted by Crippen LogP contribution is -2.05. The maximum absolute atomic E-state index is 10.5. The van der Waals surface area contributed by atoms with Crippen LogP contribution in [0.3, 0.4) is 0 Å². The molecule has 5 nitrogen and oxygen atoms in total. The maximum Gasteiger partial charge on any atom is 0.297 e. The van der Waals surface area contributed by atoms with Crippen LogP contribution < -0.4 is 5.56 Å². The van der Waals surface area contributed by atoms with E-state index in [-0.39, 0.29) is 4.77 Å². The van der Waals surface area contributed by atoms with E-state index in [9.17, 15) is 4.79 Å². The quantitative estimate of drug-likeness (QED) is 0.397. The predicted octanol–water partition coefficient (Wildman–Crippen LogP) is -0.156. The first-order chi connectivity index (χ1) is 4.61. The lowest BCUT2D eigenvalue weighted by molar-refractivity contribution is 0.381. The summed E-state index contributed by atoms with van der Waals surface area (Å²) in [5, 5.41) is 17.3. The molecule has 1 heterocycles. The number of hydrogen-bond acceptors (Lipinski definition) is 4. The predicted molar refractivity (Wildman–Crippen MR) is 35.6 cm³/mol. The van der Waals surface area contributed by atoms with Crippen LogP contribution in [0.25, 0.3) is 0 Å². The molecule has 1 rings (SSSR count). The summed E-state index contributed by atoms with van der Waals surface area (Å²) in [4.78, 5) is 14.7. The second kappa shape index (κ2) is 2.14. The Kier molecular flexibility index (Phi) is 1.46. The van der Waals surface area contributed by atoms with Crippen LogP contribution in [0.2, 0.25) is 0 Å². The first-order valence-electron chi connectivity index (χ1n) is 2.36. The van der Waals surface area contributed by atoms with E-state index < -0.39 is 17.2 Å². The van der Waals surface area contributed by atoms with Gasteiger partial charge in [-0.05, 0) is 12.2 Å². The van der Waals surface area contributed by atoms with E-state index in [1.54, 1.807) is 0 Å². The van der Waals surface area contributed by atoms with Gasteiger partial charge < -0.3 is 10.2 Å². The van der Waals surface area contributed by atoms with Crippen molar-refractivity contribution in [2.24, 2.45) is 0 Å². The molecule has 1 aromatic rings. The average Bonchev–Trinajstić information content (AvgIpc) is 1.82. The molecule has 6 heteroatoms. The number of rotatable bonds is 0. The minimum Gasteiger partial charge on any atom is -0.499 e. The van der Waals surface area contributed by atoms with Gasteiger partial charge in [0.05, 0.1) is 0 Å². The molecule has 0 aromatic carbocycles. The molecule has 0 saturated carbocycles. The Hall–Kier alpha value is -1.30. The molecule has 1 aromatic heterocycles. The fraction of sp³-hybridized carbons (Fsp3) is 0. The Morgan fingerprint density at radius 2 is 1.90 bits per heavy atom. The lowest BCUT2D eigenvalue weighted by Gasteiger charge is -1.92. The van der Waals surface area contributed by atoms with Gasteiger partial charge in [-0.2, -0.15) is 0 Å². The lowest BCUT2D eigenvalue weighted by atomic mass is 10.6. The van der Waals surface area contributed by atoms with E-state index in [0.717, 1.165) is 0 Å². The molecule has 0 spiro atoms. The summed E-state index contributed by atoms with van der Waals surface area (Å²) in [6, 6.07) is 0. The van der Waals surface area contributed by atoms with Crippen LogP contribution in [0.4, 0.5) is 0 Å². The van der Waals surface area contributed by atoms with Crippen LogP contribution in [-0.4, -0.2) is 20.2 Å². The zero-order valence-corrected chi connectivity index (χ0v) is 5.53. The van der Waals surface area contributed by atoms with Gasteiger partial charge in [-0.3, -0.25) is 14.8 Å². The molecule has 0 aliphatic carbocycles. The standard InChI is InChI=1S/C4H4N2O3S/c7-1-2(8)5-4(10)6-3(1)9/h7H,(H3,5,6,8,9,10). The topological polar surface area (TPSA) is 89.1 Å². The summed E-state index contributed by atoms with van der Waals surface area (Å²) < 4.78 is -0.0275. The summed E-state index contributed by atoms with van der Waals surface area (Å²) >= 11 is 4.46. The summed E-state index contributed by atoms with van der Waals surface area (Å²) in [5.41, 5.74) is -0.804. The summed E-state index contributed by atoms with van der Waals surface area (Å²) in [7, 11) is 0. The van der Waals surface area contributed by atoms with Crippen molar-refractivity contribution < 1.29 is 10.2 Å².